The molecule has 0 saturated heterocycles. The van der Waals surface area contributed by atoms with E-state index in [1.165, 1.54) is 13.0 Å². The van der Waals surface area contributed by atoms with Crippen molar-refractivity contribution < 1.29 is 22.0 Å². The Morgan fingerprint density at radius 1 is 1.26 bits per heavy atom. The number of nitrogens with one attached hydrogen (secondary N) is 1. The molecule has 0 aliphatic rings. The van der Waals surface area contributed by atoms with Crippen LogP contribution in [0.15, 0.2) is 29.4 Å². The largest absolute Gasteiger partial charge is 0.411 e. The van der Waals surface area contributed by atoms with Gasteiger partial charge in [0.25, 0.3) is 0 Å². The zero-order valence-corrected chi connectivity index (χ0v) is 12.0. The summed E-state index contributed by atoms with van der Waals surface area (Å²) in [5, 5.41) is 10.7. The lowest BCUT2D eigenvalue weighted by atomic mass is 10.1. The maximum absolute atomic E-state index is 11.7. The van der Waals surface area contributed by atoms with E-state index in [0.717, 1.165) is 6.26 Å². The molecule has 0 radical (unpaired) electrons. The lowest BCUT2D eigenvalue weighted by molar-refractivity contribution is 0.319. The van der Waals surface area contributed by atoms with E-state index in [1.807, 2.05) is 0 Å². The SMILES string of the molecule is C/C(=N/O)c1ccccc1NS(=O)(=O)CS(C)(=O)=O. The summed E-state index contributed by atoms with van der Waals surface area (Å²) in [5.74, 6) is 0. The second kappa shape index (κ2) is 5.57. The van der Waals surface area contributed by atoms with Gasteiger partial charge >= 0.3 is 0 Å². The monoisotopic (exact) mass is 306 g/mol. The number of para-hydroxylation sites is 1. The number of sulfonamides is 1. The molecular weight excluding hydrogens is 292 g/mol. The van der Waals surface area contributed by atoms with Gasteiger partial charge in [0.05, 0.1) is 11.4 Å². The van der Waals surface area contributed by atoms with Crippen molar-refractivity contribution in [1.29, 1.82) is 0 Å². The van der Waals surface area contributed by atoms with E-state index in [2.05, 4.69) is 9.88 Å². The molecule has 0 aromatic heterocycles. The maximum atomic E-state index is 11.7. The van der Waals surface area contributed by atoms with E-state index < -0.39 is 24.9 Å². The summed E-state index contributed by atoms with van der Waals surface area (Å²) < 4.78 is 47.6. The molecule has 19 heavy (non-hydrogen) atoms. The van der Waals surface area contributed by atoms with Crippen molar-refractivity contribution in [3.63, 3.8) is 0 Å². The summed E-state index contributed by atoms with van der Waals surface area (Å²) in [6.07, 6.45) is 0.832. The average Bonchev–Trinajstić information content (AvgIpc) is 2.24. The Balaban J connectivity index is 3.14. The summed E-state index contributed by atoms with van der Waals surface area (Å²) >= 11 is 0. The average molecular weight is 306 g/mol. The van der Waals surface area contributed by atoms with E-state index in [9.17, 15) is 16.8 Å². The van der Waals surface area contributed by atoms with Crippen LogP contribution in [0.1, 0.15) is 12.5 Å². The molecule has 0 heterocycles. The zero-order chi connectivity index (χ0) is 14.7. The van der Waals surface area contributed by atoms with Crippen LogP contribution >= 0.6 is 0 Å². The second-order valence-electron chi connectivity index (χ2n) is 3.99. The van der Waals surface area contributed by atoms with Crippen LogP contribution in [0.25, 0.3) is 0 Å². The van der Waals surface area contributed by atoms with Crippen LogP contribution in [-0.4, -0.2) is 39.1 Å². The predicted octanol–water partition coefficient (Wildman–Crippen LogP) is 0.629. The summed E-state index contributed by atoms with van der Waals surface area (Å²) in [6.45, 7) is 1.49. The van der Waals surface area contributed by atoms with Crippen LogP contribution in [0.3, 0.4) is 0 Å². The van der Waals surface area contributed by atoms with Crippen LogP contribution in [0.4, 0.5) is 5.69 Å². The molecule has 0 atom stereocenters. The van der Waals surface area contributed by atoms with Crippen molar-refractivity contribution in [3.8, 4) is 0 Å². The Morgan fingerprint density at radius 3 is 2.37 bits per heavy atom. The molecule has 0 amide bonds. The van der Waals surface area contributed by atoms with Gasteiger partial charge in [-0.15, -0.1) is 0 Å². The molecule has 0 spiro atoms. The minimum Gasteiger partial charge on any atom is -0.411 e. The smallest absolute Gasteiger partial charge is 0.247 e. The molecule has 0 aliphatic carbocycles. The topological polar surface area (TPSA) is 113 Å². The van der Waals surface area contributed by atoms with Crippen molar-refractivity contribution in [2.75, 3.05) is 16.1 Å². The van der Waals surface area contributed by atoms with E-state index in [1.54, 1.807) is 18.2 Å². The van der Waals surface area contributed by atoms with E-state index in [4.69, 9.17) is 5.21 Å². The third-order valence-corrected chi connectivity index (χ3v) is 5.59. The first kappa shape index (κ1) is 15.4. The van der Waals surface area contributed by atoms with Crippen LogP contribution in [-0.2, 0) is 19.9 Å². The lowest BCUT2D eigenvalue weighted by Crippen LogP contribution is -2.23. The van der Waals surface area contributed by atoms with E-state index in [0.29, 0.717) is 5.56 Å². The van der Waals surface area contributed by atoms with Crippen molar-refractivity contribution in [1.82, 2.24) is 0 Å². The van der Waals surface area contributed by atoms with Gasteiger partial charge in [-0.2, -0.15) is 0 Å². The van der Waals surface area contributed by atoms with Crippen LogP contribution in [0.2, 0.25) is 0 Å². The summed E-state index contributed by atoms with van der Waals surface area (Å²) in [7, 11) is -7.70. The second-order valence-corrected chi connectivity index (χ2v) is 8.22. The van der Waals surface area contributed by atoms with Gasteiger partial charge in [0.15, 0.2) is 14.9 Å². The van der Waals surface area contributed by atoms with Gasteiger partial charge in [-0.1, -0.05) is 23.4 Å². The van der Waals surface area contributed by atoms with Crippen LogP contribution in [0, 0.1) is 0 Å². The Bertz CT molecular complexity index is 692. The number of anilines is 1. The minimum atomic E-state index is -4.03. The highest BCUT2D eigenvalue weighted by molar-refractivity contribution is 8.08. The third kappa shape index (κ3) is 4.87. The zero-order valence-electron chi connectivity index (χ0n) is 10.4. The molecule has 0 aliphatic heterocycles. The quantitative estimate of drug-likeness (QED) is 0.470. The Kier molecular flexibility index (Phi) is 4.53. The molecule has 0 fully saturated rings. The van der Waals surface area contributed by atoms with E-state index >= 15 is 0 Å². The van der Waals surface area contributed by atoms with Gasteiger partial charge in [0.2, 0.25) is 10.0 Å². The fourth-order valence-corrected chi connectivity index (χ4v) is 4.42. The number of sulfone groups is 1. The summed E-state index contributed by atoms with van der Waals surface area (Å²) in [4.78, 5) is 0. The van der Waals surface area contributed by atoms with Gasteiger partial charge in [-0.05, 0) is 13.0 Å². The lowest BCUT2D eigenvalue weighted by Gasteiger charge is -2.11. The molecule has 1 rings (SSSR count). The van der Waals surface area contributed by atoms with Crippen molar-refractivity contribution in [2.45, 2.75) is 6.92 Å². The molecule has 1 aromatic carbocycles. The summed E-state index contributed by atoms with van der Waals surface area (Å²) in [6, 6.07) is 6.21. The molecule has 1 aromatic rings. The normalized spacial score (nSPS) is 13.3. The first-order chi connectivity index (χ1) is 8.64. The van der Waals surface area contributed by atoms with Gasteiger partial charge in [0, 0.05) is 11.8 Å². The highest BCUT2D eigenvalue weighted by atomic mass is 32.3. The highest BCUT2D eigenvalue weighted by Crippen LogP contribution is 2.18. The predicted molar refractivity (Wildman–Crippen MR) is 72.7 cm³/mol. The number of oxime groups is 1. The molecular formula is C10H14N2O5S2. The van der Waals surface area contributed by atoms with Crippen LogP contribution in [0.5, 0.6) is 0 Å². The van der Waals surface area contributed by atoms with E-state index in [-0.39, 0.29) is 11.4 Å². The molecule has 0 saturated carbocycles. The molecule has 9 heteroatoms. The van der Waals surface area contributed by atoms with Crippen molar-refractivity contribution in [2.24, 2.45) is 5.16 Å². The van der Waals surface area contributed by atoms with Crippen molar-refractivity contribution >= 4 is 31.3 Å². The van der Waals surface area contributed by atoms with Gasteiger partial charge < -0.3 is 5.21 Å². The third-order valence-electron chi connectivity index (χ3n) is 2.10. The standard InChI is InChI=1S/C10H14N2O5S2/c1-8(11-13)9-5-3-4-6-10(9)12-19(16,17)7-18(2,14)15/h3-6,12-13H,7H2,1-2H3/b11-8-. The maximum Gasteiger partial charge on any atom is 0.247 e. The molecule has 7 nitrogen and oxygen atoms in total. The van der Waals surface area contributed by atoms with Gasteiger partial charge in [-0.25, -0.2) is 16.8 Å². The number of rotatable bonds is 5. The number of hydrogen-bond donors (Lipinski definition) is 2. The van der Waals surface area contributed by atoms with Crippen LogP contribution < -0.4 is 4.72 Å². The molecule has 106 valence electrons. The Hall–Kier alpha value is -1.61. The Morgan fingerprint density at radius 2 is 1.84 bits per heavy atom. The molecule has 2 N–H and O–H groups in total. The van der Waals surface area contributed by atoms with Crippen molar-refractivity contribution in [3.05, 3.63) is 29.8 Å². The molecule has 0 unspecified atom stereocenters. The molecule has 0 bridgehead atoms. The Labute approximate surface area is 111 Å². The number of benzene rings is 1. The fourth-order valence-electron chi connectivity index (χ4n) is 1.42. The highest BCUT2D eigenvalue weighted by Gasteiger charge is 2.19. The number of hydrogen-bond acceptors (Lipinski definition) is 6. The van der Waals surface area contributed by atoms with Gasteiger partial charge in [0.1, 0.15) is 0 Å². The fraction of sp³-hybridized carbons (Fsp3) is 0.300. The first-order valence-electron chi connectivity index (χ1n) is 5.11. The van der Waals surface area contributed by atoms with Gasteiger partial charge in [-0.3, -0.25) is 4.72 Å². The summed E-state index contributed by atoms with van der Waals surface area (Å²) in [5.41, 5.74) is 0.723. The minimum absolute atomic E-state index is 0.154. The first-order valence-corrected chi connectivity index (χ1v) is 8.82. The number of nitrogens with zero attached hydrogens (tertiary/aromatic N) is 1.